The molecule has 0 radical (unpaired) electrons. The van der Waals surface area contributed by atoms with Gasteiger partial charge < -0.3 is 10.5 Å². The number of hydrogen-bond donors (Lipinski definition) is 1. The van der Waals surface area contributed by atoms with Gasteiger partial charge in [-0.1, -0.05) is 24.4 Å². The van der Waals surface area contributed by atoms with E-state index in [1.807, 2.05) is 18.2 Å². The van der Waals surface area contributed by atoms with Gasteiger partial charge in [0.05, 0.1) is 7.11 Å². The summed E-state index contributed by atoms with van der Waals surface area (Å²) in [7, 11) is 1.71. The van der Waals surface area contributed by atoms with Crippen molar-refractivity contribution in [3.05, 3.63) is 28.8 Å². The van der Waals surface area contributed by atoms with Crippen molar-refractivity contribution in [2.75, 3.05) is 7.11 Å². The van der Waals surface area contributed by atoms with Gasteiger partial charge >= 0.3 is 0 Å². The second kappa shape index (κ2) is 5.57. The van der Waals surface area contributed by atoms with Crippen LogP contribution in [0.15, 0.2) is 18.2 Å². The SMILES string of the molecule is COc1ccc(Cl)cc1CC1(N)CCCC(C2CC2)C1. The third kappa shape index (κ3) is 3.12. The first-order valence-corrected chi connectivity index (χ1v) is 8.09. The molecule has 2 atom stereocenters. The van der Waals surface area contributed by atoms with Crippen LogP contribution in [0, 0.1) is 11.8 Å². The Morgan fingerprint density at radius 1 is 1.30 bits per heavy atom. The second-order valence-corrected chi connectivity index (χ2v) is 7.13. The molecule has 0 saturated heterocycles. The van der Waals surface area contributed by atoms with Gasteiger partial charge in [-0.15, -0.1) is 0 Å². The molecule has 2 unspecified atom stereocenters. The molecular formula is C17H24ClNO. The first-order valence-electron chi connectivity index (χ1n) is 7.71. The van der Waals surface area contributed by atoms with E-state index in [1.54, 1.807) is 7.11 Å². The summed E-state index contributed by atoms with van der Waals surface area (Å²) in [6.07, 6.45) is 8.62. The fourth-order valence-electron chi connectivity index (χ4n) is 3.84. The Balaban J connectivity index is 1.76. The summed E-state index contributed by atoms with van der Waals surface area (Å²) in [5.41, 5.74) is 7.79. The maximum absolute atomic E-state index is 6.72. The average Bonchev–Trinajstić information content (AvgIpc) is 3.23. The van der Waals surface area contributed by atoms with Gasteiger partial charge in [0.2, 0.25) is 0 Å². The molecule has 2 N–H and O–H groups in total. The normalized spacial score (nSPS) is 30.2. The van der Waals surface area contributed by atoms with E-state index >= 15 is 0 Å². The van der Waals surface area contributed by atoms with E-state index in [0.29, 0.717) is 0 Å². The molecule has 3 heteroatoms. The summed E-state index contributed by atoms with van der Waals surface area (Å²) in [6.45, 7) is 0. The molecule has 2 saturated carbocycles. The van der Waals surface area contributed by atoms with Crippen LogP contribution in [-0.4, -0.2) is 12.6 Å². The molecule has 0 aromatic heterocycles. The zero-order valence-electron chi connectivity index (χ0n) is 12.2. The number of methoxy groups -OCH3 is 1. The lowest BCUT2D eigenvalue weighted by molar-refractivity contribution is 0.203. The van der Waals surface area contributed by atoms with Crippen molar-refractivity contribution in [1.82, 2.24) is 0 Å². The summed E-state index contributed by atoms with van der Waals surface area (Å²) in [5, 5.41) is 0.763. The van der Waals surface area contributed by atoms with Crippen molar-refractivity contribution in [2.24, 2.45) is 17.6 Å². The summed E-state index contributed by atoms with van der Waals surface area (Å²) >= 11 is 6.13. The molecule has 1 aromatic carbocycles. The lowest BCUT2D eigenvalue weighted by atomic mass is 9.71. The maximum Gasteiger partial charge on any atom is 0.122 e. The Kier molecular flexibility index (Phi) is 3.96. The van der Waals surface area contributed by atoms with E-state index in [1.165, 1.54) is 25.7 Å². The summed E-state index contributed by atoms with van der Waals surface area (Å²) in [6, 6.07) is 5.83. The Labute approximate surface area is 126 Å². The third-order valence-electron chi connectivity index (χ3n) is 4.99. The van der Waals surface area contributed by atoms with E-state index in [0.717, 1.165) is 47.4 Å². The Morgan fingerprint density at radius 2 is 2.10 bits per heavy atom. The van der Waals surface area contributed by atoms with Crippen LogP contribution < -0.4 is 10.5 Å². The molecule has 20 heavy (non-hydrogen) atoms. The highest BCUT2D eigenvalue weighted by molar-refractivity contribution is 6.30. The van der Waals surface area contributed by atoms with Crippen LogP contribution >= 0.6 is 11.6 Å². The van der Waals surface area contributed by atoms with Gasteiger partial charge in [-0.2, -0.15) is 0 Å². The van der Waals surface area contributed by atoms with Crippen LogP contribution in [0.1, 0.15) is 44.1 Å². The molecule has 0 spiro atoms. The van der Waals surface area contributed by atoms with Crippen LogP contribution in [-0.2, 0) is 6.42 Å². The molecule has 0 amide bonds. The smallest absolute Gasteiger partial charge is 0.122 e. The number of hydrogen-bond acceptors (Lipinski definition) is 2. The van der Waals surface area contributed by atoms with E-state index in [2.05, 4.69) is 0 Å². The first-order chi connectivity index (χ1) is 9.59. The highest BCUT2D eigenvalue weighted by Crippen LogP contribution is 2.47. The molecule has 0 aliphatic heterocycles. The van der Waals surface area contributed by atoms with E-state index < -0.39 is 0 Å². The largest absolute Gasteiger partial charge is 0.496 e. The molecule has 2 aliphatic carbocycles. The molecule has 2 nitrogen and oxygen atoms in total. The summed E-state index contributed by atoms with van der Waals surface area (Å²) in [4.78, 5) is 0. The second-order valence-electron chi connectivity index (χ2n) is 6.69. The quantitative estimate of drug-likeness (QED) is 0.903. The minimum atomic E-state index is -0.0799. The molecule has 2 fully saturated rings. The number of halogens is 1. The van der Waals surface area contributed by atoms with E-state index in [4.69, 9.17) is 22.1 Å². The van der Waals surface area contributed by atoms with Crippen LogP contribution in [0.4, 0.5) is 0 Å². The van der Waals surface area contributed by atoms with Crippen LogP contribution in [0.25, 0.3) is 0 Å². The summed E-state index contributed by atoms with van der Waals surface area (Å²) in [5.74, 6) is 2.71. The number of ether oxygens (including phenoxy) is 1. The van der Waals surface area contributed by atoms with Crippen molar-refractivity contribution in [1.29, 1.82) is 0 Å². The van der Waals surface area contributed by atoms with Crippen LogP contribution in [0.5, 0.6) is 5.75 Å². The molecular weight excluding hydrogens is 270 g/mol. The van der Waals surface area contributed by atoms with E-state index in [9.17, 15) is 0 Å². The van der Waals surface area contributed by atoms with Crippen LogP contribution in [0.2, 0.25) is 5.02 Å². The van der Waals surface area contributed by atoms with Crippen molar-refractivity contribution in [3.63, 3.8) is 0 Å². The molecule has 0 heterocycles. The monoisotopic (exact) mass is 293 g/mol. The van der Waals surface area contributed by atoms with Gasteiger partial charge in [-0.05, 0) is 67.7 Å². The fraction of sp³-hybridized carbons (Fsp3) is 0.647. The Bertz CT molecular complexity index is 486. The van der Waals surface area contributed by atoms with Gasteiger partial charge in [0.25, 0.3) is 0 Å². The Hall–Kier alpha value is -0.730. The van der Waals surface area contributed by atoms with Crippen molar-refractivity contribution < 1.29 is 4.74 Å². The highest BCUT2D eigenvalue weighted by Gasteiger charge is 2.40. The van der Waals surface area contributed by atoms with Crippen LogP contribution in [0.3, 0.4) is 0 Å². The average molecular weight is 294 g/mol. The zero-order chi connectivity index (χ0) is 14.2. The number of rotatable bonds is 4. The van der Waals surface area contributed by atoms with Gasteiger partial charge in [0, 0.05) is 10.6 Å². The molecule has 0 bridgehead atoms. The topological polar surface area (TPSA) is 35.2 Å². The summed E-state index contributed by atoms with van der Waals surface area (Å²) < 4.78 is 5.46. The van der Waals surface area contributed by atoms with Gasteiger partial charge in [0.1, 0.15) is 5.75 Å². The molecule has 110 valence electrons. The molecule has 2 aliphatic rings. The molecule has 1 aromatic rings. The van der Waals surface area contributed by atoms with Gasteiger partial charge in [-0.25, -0.2) is 0 Å². The maximum atomic E-state index is 6.72. The van der Waals surface area contributed by atoms with Crippen molar-refractivity contribution >= 4 is 11.6 Å². The van der Waals surface area contributed by atoms with Gasteiger partial charge in [0.15, 0.2) is 0 Å². The zero-order valence-corrected chi connectivity index (χ0v) is 13.0. The Morgan fingerprint density at radius 3 is 2.80 bits per heavy atom. The van der Waals surface area contributed by atoms with E-state index in [-0.39, 0.29) is 5.54 Å². The lowest BCUT2D eigenvalue weighted by Crippen LogP contribution is -2.46. The number of nitrogens with two attached hydrogens (primary N) is 1. The predicted molar refractivity (Wildman–Crippen MR) is 83.3 cm³/mol. The first kappa shape index (κ1) is 14.2. The minimum Gasteiger partial charge on any atom is -0.496 e. The van der Waals surface area contributed by atoms with Crippen molar-refractivity contribution in [2.45, 2.75) is 50.5 Å². The molecule has 3 rings (SSSR count). The third-order valence-corrected chi connectivity index (χ3v) is 5.23. The number of benzene rings is 1. The standard InChI is InChI=1S/C17H24ClNO/c1-20-16-7-6-15(18)9-14(16)11-17(19)8-2-3-13(10-17)12-4-5-12/h6-7,9,12-13H,2-5,8,10-11,19H2,1H3. The van der Waals surface area contributed by atoms with Gasteiger partial charge in [-0.3, -0.25) is 0 Å². The highest BCUT2D eigenvalue weighted by atomic mass is 35.5. The fourth-order valence-corrected chi connectivity index (χ4v) is 4.03. The minimum absolute atomic E-state index is 0.0799. The lowest BCUT2D eigenvalue weighted by Gasteiger charge is -2.38. The predicted octanol–water partition coefficient (Wildman–Crippen LogP) is 4.19. The van der Waals surface area contributed by atoms with Crippen molar-refractivity contribution in [3.8, 4) is 5.75 Å².